The van der Waals surface area contributed by atoms with Crippen LogP contribution in [0.2, 0.25) is 5.02 Å². The molecule has 1 N–H and O–H groups in total. The highest BCUT2D eigenvalue weighted by Gasteiger charge is 2.15. The molecule has 0 saturated heterocycles. The molecule has 0 amide bonds. The number of carboxylic acids is 1. The van der Waals surface area contributed by atoms with Gasteiger partial charge in [0.2, 0.25) is 0 Å². The lowest BCUT2D eigenvalue weighted by atomic mass is 10.2. The van der Waals surface area contributed by atoms with E-state index in [1.165, 1.54) is 30.3 Å². The van der Waals surface area contributed by atoms with Crippen molar-refractivity contribution in [2.75, 3.05) is 0 Å². The number of hydrogen-bond acceptors (Lipinski definition) is 3. The summed E-state index contributed by atoms with van der Waals surface area (Å²) in [4.78, 5) is 11.0. The lowest BCUT2D eigenvalue weighted by Crippen LogP contribution is -1.98. The summed E-state index contributed by atoms with van der Waals surface area (Å²) in [7, 11) is 0. The maximum absolute atomic E-state index is 14.0. The van der Waals surface area contributed by atoms with Gasteiger partial charge in [-0.05, 0) is 46.3 Å². The van der Waals surface area contributed by atoms with Crippen molar-refractivity contribution < 1.29 is 19.0 Å². The molecule has 0 atom stereocenters. The largest absolute Gasteiger partial charge is 0.478 e. The second kappa shape index (κ2) is 6.12. The fraction of sp³-hybridized carbons (Fsp3) is 0. The van der Waals surface area contributed by atoms with E-state index >= 15 is 0 Å². The molecule has 0 heterocycles. The molecule has 0 fully saturated rings. The summed E-state index contributed by atoms with van der Waals surface area (Å²) >= 11 is 8.70. The van der Waals surface area contributed by atoms with Gasteiger partial charge < -0.3 is 9.84 Å². The Morgan fingerprint density at radius 1 is 1.38 bits per heavy atom. The first kappa shape index (κ1) is 15.3. The van der Waals surface area contributed by atoms with E-state index in [1.54, 1.807) is 0 Å². The number of ether oxygens (including phenoxy) is 1. The molecule has 7 heteroatoms. The standard InChI is InChI=1S/C14H6BrClFNO3/c15-12-7(6-18)1-4-11(13(12)17)21-8-2-3-10(16)9(5-8)14(19)20/h1-5H,(H,19,20). The minimum atomic E-state index is -1.22. The fourth-order valence-corrected chi connectivity index (χ4v) is 2.17. The Morgan fingerprint density at radius 3 is 2.71 bits per heavy atom. The smallest absolute Gasteiger partial charge is 0.337 e. The van der Waals surface area contributed by atoms with Crippen LogP contribution >= 0.6 is 27.5 Å². The van der Waals surface area contributed by atoms with Crippen LogP contribution in [0, 0.1) is 17.1 Å². The van der Waals surface area contributed by atoms with Crippen molar-refractivity contribution in [2.24, 2.45) is 0 Å². The zero-order valence-corrected chi connectivity index (χ0v) is 12.6. The Balaban J connectivity index is 2.40. The van der Waals surface area contributed by atoms with Crippen LogP contribution in [0.4, 0.5) is 4.39 Å². The van der Waals surface area contributed by atoms with Gasteiger partial charge in [-0.15, -0.1) is 0 Å². The topological polar surface area (TPSA) is 70.3 Å². The first-order chi connectivity index (χ1) is 9.93. The number of aromatic carboxylic acids is 1. The molecule has 0 aromatic heterocycles. The van der Waals surface area contributed by atoms with E-state index < -0.39 is 11.8 Å². The molecule has 2 rings (SSSR count). The van der Waals surface area contributed by atoms with Crippen LogP contribution in [0.25, 0.3) is 0 Å². The van der Waals surface area contributed by atoms with Crippen molar-refractivity contribution in [3.8, 4) is 17.6 Å². The Hall–Kier alpha value is -2.10. The number of rotatable bonds is 3. The molecule has 0 unspecified atom stereocenters. The molecular weight excluding hydrogens is 365 g/mol. The van der Waals surface area contributed by atoms with Crippen LogP contribution < -0.4 is 4.74 Å². The number of nitrogens with zero attached hydrogens (tertiary/aromatic N) is 1. The van der Waals surface area contributed by atoms with Gasteiger partial charge in [0.15, 0.2) is 11.6 Å². The summed E-state index contributed by atoms with van der Waals surface area (Å²) < 4.78 is 19.3. The van der Waals surface area contributed by atoms with E-state index in [1.807, 2.05) is 6.07 Å². The van der Waals surface area contributed by atoms with Crippen molar-refractivity contribution in [3.63, 3.8) is 0 Å². The third-order valence-electron chi connectivity index (χ3n) is 2.56. The second-order valence-corrected chi connectivity index (χ2v) is 5.10. The van der Waals surface area contributed by atoms with Gasteiger partial charge in [-0.1, -0.05) is 11.6 Å². The number of carbonyl (C=O) groups is 1. The summed E-state index contributed by atoms with van der Waals surface area (Å²) in [6, 6.07) is 8.44. The van der Waals surface area contributed by atoms with Crippen LogP contribution in [-0.2, 0) is 0 Å². The van der Waals surface area contributed by atoms with E-state index in [-0.39, 0.29) is 32.1 Å². The highest BCUT2D eigenvalue weighted by molar-refractivity contribution is 9.10. The molecule has 0 saturated carbocycles. The Morgan fingerprint density at radius 2 is 2.10 bits per heavy atom. The van der Waals surface area contributed by atoms with Crippen LogP contribution in [-0.4, -0.2) is 11.1 Å². The van der Waals surface area contributed by atoms with E-state index in [0.29, 0.717) is 0 Å². The first-order valence-electron chi connectivity index (χ1n) is 5.53. The van der Waals surface area contributed by atoms with Gasteiger partial charge in [-0.2, -0.15) is 5.26 Å². The van der Waals surface area contributed by atoms with Crippen LogP contribution in [0.15, 0.2) is 34.8 Å². The Bertz CT molecular complexity index is 774. The number of halogens is 3. The summed E-state index contributed by atoms with van der Waals surface area (Å²) in [5.41, 5.74) is -0.0236. The molecule has 0 aliphatic rings. The molecule has 21 heavy (non-hydrogen) atoms. The van der Waals surface area contributed by atoms with Crippen molar-refractivity contribution in [2.45, 2.75) is 0 Å². The number of nitriles is 1. The van der Waals surface area contributed by atoms with E-state index in [0.717, 1.165) is 0 Å². The second-order valence-electron chi connectivity index (χ2n) is 3.90. The predicted octanol–water partition coefficient (Wildman–Crippen LogP) is 4.60. The molecule has 0 radical (unpaired) electrons. The van der Waals surface area contributed by atoms with Gasteiger partial charge in [0.05, 0.1) is 20.6 Å². The lowest BCUT2D eigenvalue weighted by Gasteiger charge is -2.09. The lowest BCUT2D eigenvalue weighted by molar-refractivity contribution is 0.0696. The van der Waals surface area contributed by atoms with Gasteiger partial charge in [0, 0.05) is 0 Å². The molecular formula is C14H6BrClFNO3. The zero-order chi connectivity index (χ0) is 15.6. The zero-order valence-electron chi connectivity index (χ0n) is 10.2. The molecule has 4 nitrogen and oxygen atoms in total. The first-order valence-corrected chi connectivity index (χ1v) is 6.70. The van der Waals surface area contributed by atoms with Crippen molar-refractivity contribution in [1.82, 2.24) is 0 Å². The third kappa shape index (κ3) is 3.15. The number of hydrogen-bond donors (Lipinski definition) is 1. The average Bonchev–Trinajstić information content (AvgIpc) is 2.46. The summed E-state index contributed by atoms with van der Waals surface area (Å²) in [5.74, 6) is -1.99. The van der Waals surface area contributed by atoms with Crippen molar-refractivity contribution >= 4 is 33.5 Å². The summed E-state index contributed by atoms with van der Waals surface area (Å²) in [6.45, 7) is 0. The monoisotopic (exact) mass is 369 g/mol. The molecule has 0 bridgehead atoms. The van der Waals surface area contributed by atoms with Crippen LogP contribution in [0.5, 0.6) is 11.5 Å². The van der Waals surface area contributed by atoms with Gasteiger partial charge in [-0.25, -0.2) is 9.18 Å². The van der Waals surface area contributed by atoms with E-state index in [2.05, 4.69) is 15.9 Å². The molecule has 0 aliphatic heterocycles. The number of benzene rings is 2. The molecule has 106 valence electrons. The van der Waals surface area contributed by atoms with E-state index in [4.69, 9.17) is 26.7 Å². The van der Waals surface area contributed by atoms with E-state index in [9.17, 15) is 9.18 Å². The Labute approximate surface area is 132 Å². The molecule has 0 spiro atoms. The highest BCUT2D eigenvalue weighted by Crippen LogP contribution is 2.32. The molecule has 2 aromatic rings. The average molecular weight is 371 g/mol. The molecule has 2 aromatic carbocycles. The number of carboxylic acid groups (broad SMARTS) is 1. The van der Waals surface area contributed by atoms with Gasteiger partial charge in [0.25, 0.3) is 0 Å². The van der Waals surface area contributed by atoms with Gasteiger partial charge in [0.1, 0.15) is 11.8 Å². The van der Waals surface area contributed by atoms with Crippen LogP contribution in [0.1, 0.15) is 15.9 Å². The quantitative estimate of drug-likeness (QED) is 0.857. The minimum Gasteiger partial charge on any atom is -0.478 e. The normalized spacial score (nSPS) is 10.0. The highest BCUT2D eigenvalue weighted by atomic mass is 79.9. The molecule has 0 aliphatic carbocycles. The van der Waals surface area contributed by atoms with Crippen molar-refractivity contribution in [3.05, 3.63) is 56.8 Å². The predicted molar refractivity (Wildman–Crippen MR) is 77.3 cm³/mol. The van der Waals surface area contributed by atoms with Crippen molar-refractivity contribution in [1.29, 1.82) is 5.26 Å². The minimum absolute atomic E-state index is 0.0186. The third-order valence-corrected chi connectivity index (χ3v) is 3.67. The maximum Gasteiger partial charge on any atom is 0.337 e. The van der Waals surface area contributed by atoms with Gasteiger partial charge >= 0.3 is 5.97 Å². The SMILES string of the molecule is N#Cc1ccc(Oc2ccc(Cl)c(C(=O)O)c2)c(F)c1Br. The maximum atomic E-state index is 14.0. The summed E-state index contributed by atoms with van der Waals surface area (Å²) in [5, 5.41) is 17.8. The summed E-state index contributed by atoms with van der Waals surface area (Å²) in [6.07, 6.45) is 0. The van der Waals surface area contributed by atoms with Crippen LogP contribution in [0.3, 0.4) is 0 Å². The fourth-order valence-electron chi connectivity index (χ4n) is 1.56. The van der Waals surface area contributed by atoms with Gasteiger partial charge in [-0.3, -0.25) is 0 Å². The Kier molecular flexibility index (Phi) is 4.46.